The smallest absolute Gasteiger partial charge is 0.0666 e. The highest BCUT2D eigenvalue weighted by molar-refractivity contribution is 8.00. The first kappa shape index (κ1) is 14.3. The van der Waals surface area contributed by atoms with Gasteiger partial charge in [-0.2, -0.15) is 0 Å². The number of benzene rings is 1. The third-order valence-electron chi connectivity index (χ3n) is 4.35. The molecule has 2 fully saturated rings. The molecule has 0 bridgehead atoms. The van der Waals surface area contributed by atoms with E-state index in [0.717, 1.165) is 17.8 Å². The van der Waals surface area contributed by atoms with E-state index in [1.165, 1.54) is 49.1 Å². The zero-order valence-electron chi connectivity index (χ0n) is 12.3. The zero-order valence-corrected chi connectivity index (χ0v) is 13.1. The summed E-state index contributed by atoms with van der Waals surface area (Å²) < 4.78 is 5.32. The Morgan fingerprint density at radius 3 is 2.45 bits per heavy atom. The summed E-state index contributed by atoms with van der Waals surface area (Å²) in [6.45, 7) is 0.809. The summed E-state index contributed by atoms with van der Waals surface area (Å²) >= 11 is 2.06. The van der Waals surface area contributed by atoms with E-state index in [1.54, 1.807) is 7.11 Å². The maximum atomic E-state index is 5.32. The highest BCUT2D eigenvalue weighted by Crippen LogP contribution is 2.36. The van der Waals surface area contributed by atoms with Gasteiger partial charge in [0.1, 0.15) is 0 Å². The highest BCUT2D eigenvalue weighted by atomic mass is 32.2. The molecule has 1 N–H and O–H groups in total. The summed E-state index contributed by atoms with van der Waals surface area (Å²) in [7, 11) is 1.79. The summed E-state index contributed by atoms with van der Waals surface area (Å²) in [6.07, 6.45) is 8.30. The lowest BCUT2D eigenvalue weighted by Crippen LogP contribution is -2.27. The van der Waals surface area contributed by atoms with Gasteiger partial charge in [-0.3, -0.25) is 0 Å². The van der Waals surface area contributed by atoms with Crippen molar-refractivity contribution in [1.29, 1.82) is 0 Å². The Labute approximate surface area is 126 Å². The predicted octanol–water partition coefficient (Wildman–Crippen LogP) is 4.56. The molecule has 0 spiro atoms. The van der Waals surface area contributed by atoms with Crippen molar-refractivity contribution in [3.05, 3.63) is 24.3 Å². The Hall–Kier alpha value is -0.670. The van der Waals surface area contributed by atoms with Crippen LogP contribution in [-0.4, -0.2) is 25.0 Å². The van der Waals surface area contributed by atoms with Gasteiger partial charge in [0.05, 0.1) is 12.6 Å². The molecule has 1 unspecified atom stereocenters. The van der Waals surface area contributed by atoms with Gasteiger partial charge in [-0.05, 0) is 55.9 Å². The number of nitrogens with one attached hydrogen (secondary N) is 1. The Morgan fingerprint density at radius 1 is 1.15 bits per heavy atom. The fourth-order valence-corrected chi connectivity index (χ4v) is 4.26. The molecule has 0 aromatic heterocycles. The Kier molecular flexibility index (Phi) is 4.90. The lowest BCUT2D eigenvalue weighted by molar-refractivity contribution is 0.179. The van der Waals surface area contributed by atoms with E-state index in [9.17, 15) is 0 Å². The fraction of sp³-hybridized carbons (Fsp3) is 0.647. The summed E-state index contributed by atoms with van der Waals surface area (Å²) in [5.41, 5.74) is 1.23. The van der Waals surface area contributed by atoms with Crippen LogP contribution in [0.5, 0.6) is 0 Å². The van der Waals surface area contributed by atoms with Crippen molar-refractivity contribution in [1.82, 2.24) is 0 Å². The zero-order chi connectivity index (χ0) is 13.8. The second kappa shape index (κ2) is 6.86. The van der Waals surface area contributed by atoms with Crippen LogP contribution in [0.3, 0.4) is 0 Å². The van der Waals surface area contributed by atoms with Crippen LogP contribution in [0.1, 0.15) is 38.5 Å². The van der Waals surface area contributed by atoms with Crippen molar-refractivity contribution in [3.63, 3.8) is 0 Å². The molecular formula is C17H25NOS. The van der Waals surface area contributed by atoms with Crippen LogP contribution in [0.4, 0.5) is 5.69 Å². The lowest BCUT2D eigenvalue weighted by atomic mass is 10.2. The van der Waals surface area contributed by atoms with Crippen LogP contribution in [0, 0.1) is 5.92 Å². The molecule has 0 amide bonds. The van der Waals surface area contributed by atoms with Crippen molar-refractivity contribution in [3.8, 4) is 0 Å². The van der Waals surface area contributed by atoms with Crippen molar-refractivity contribution in [2.45, 2.75) is 54.7 Å². The average Bonchev–Trinajstić information content (AvgIpc) is 3.19. The largest absolute Gasteiger partial charge is 0.383 e. The van der Waals surface area contributed by atoms with Gasteiger partial charge in [-0.25, -0.2) is 0 Å². The number of anilines is 1. The Bertz CT molecular complexity index is 410. The molecule has 0 radical (unpaired) electrons. The van der Waals surface area contributed by atoms with E-state index in [-0.39, 0.29) is 0 Å². The third kappa shape index (κ3) is 3.92. The summed E-state index contributed by atoms with van der Waals surface area (Å²) in [5.74, 6) is 0.808. The minimum absolute atomic E-state index is 0.480. The molecule has 1 atom stereocenters. The molecule has 2 aliphatic carbocycles. The molecule has 2 aliphatic rings. The van der Waals surface area contributed by atoms with Gasteiger partial charge in [0, 0.05) is 22.9 Å². The molecule has 1 aromatic rings. The van der Waals surface area contributed by atoms with E-state index in [1.807, 2.05) is 0 Å². The molecule has 3 heteroatoms. The van der Waals surface area contributed by atoms with E-state index in [4.69, 9.17) is 4.74 Å². The molecule has 3 rings (SSSR count). The molecule has 0 heterocycles. The van der Waals surface area contributed by atoms with E-state index >= 15 is 0 Å². The van der Waals surface area contributed by atoms with Gasteiger partial charge in [-0.1, -0.05) is 12.8 Å². The van der Waals surface area contributed by atoms with Gasteiger partial charge < -0.3 is 10.1 Å². The maximum absolute atomic E-state index is 5.32. The van der Waals surface area contributed by atoms with Crippen molar-refractivity contribution >= 4 is 17.4 Å². The lowest BCUT2D eigenvalue weighted by Gasteiger charge is -2.19. The van der Waals surface area contributed by atoms with Crippen molar-refractivity contribution in [2.75, 3.05) is 19.0 Å². The van der Waals surface area contributed by atoms with Gasteiger partial charge in [-0.15, -0.1) is 11.8 Å². The fourth-order valence-electron chi connectivity index (χ4n) is 3.02. The second-order valence-corrected chi connectivity index (χ2v) is 7.47. The molecule has 2 saturated carbocycles. The van der Waals surface area contributed by atoms with Crippen LogP contribution in [0.15, 0.2) is 29.2 Å². The molecule has 20 heavy (non-hydrogen) atoms. The number of methoxy groups -OCH3 is 1. The van der Waals surface area contributed by atoms with E-state index in [0.29, 0.717) is 6.04 Å². The standard InChI is InChI=1S/C17H25NOS/c1-19-12-17(13-6-7-13)18-14-8-10-16(11-9-14)20-15-4-2-3-5-15/h8-11,13,15,17-18H,2-7,12H2,1H3. The van der Waals surface area contributed by atoms with Gasteiger partial charge in [0.25, 0.3) is 0 Å². The van der Waals surface area contributed by atoms with E-state index in [2.05, 4.69) is 41.3 Å². The number of rotatable bonds is 7. The first-order valence-electron chi connectivity index (χ1n) is 7.87. The highest BCUT2D eigenvalue weighted by Gasteiger charge is 2.31. The monoisotopic (exact) mass is 291 g/mol. The molecule has 0 saturated heterocycles. The first-order chi connectivity index (χ1) is 9.85. The van der Waals surface area contributed by atoms with Crippen molar-refractivity contribution in [2.24, 2.45) is 5.92 Å². The summed E-state index contributed by atoms with van der Waals surface area (Å²) in [5, 5.41) is 4.48. The predicted molar refractivity (Wildman–Crippen MR) is 86.6 cm³/mol. The molecule has 1 aromatic carbocycles. The second-order valence-electron chi connectivity index (χ2n) is 6.09. The van der Waals surface area contributed by atoms with Crippen LogP contribution < -0.4 is 5.32 Å². The Morgan fingerprint density at radius 2 is 1.85 bits per heavy atom. The van der Waals surface area contributed by atoms with Gasteiger partial charge in [0.15, 0.2) is 0 Å². The number of ether oxygens (including phenoxy) is 1. The summed E-state index contributed by atoms with van der Waals surface area (Å²) in [6, 6.07) is 9.46. The molecule has 110 valence electrons. The molecule has 2 nitrogen and oxygen atoms in total. The SMILES string of the molecule is COCC(Nc1ccc(SC2CCCC2)cc1)C1CC1. The van der Waals surface area contributed by atoms with Crippen LogP contribution in [-0.2, 0) is 4.74 Å². The molecular weight excluding hydrogens is 266 g/mol. The van der Waals surface area contributed by atoms with Crippen molar-refractivity contribution < 1.29 is 4.74 Å². The minimum atomic E-state index is 0.480. The number of thioether (sulfide) groups is 1. The number of hydrogen-bond acceptors (Lipinski definition) is 3. The summed E-state index contributed by atoms with van der Waals surface area (Å²) in [4.78, 5) is 1.41. The van der Waals surface area contributed by atoms with Gasteiger partial charge >= 0.3 is 0 Å². The topological polar surface area (TPSA) is 21.3 Å². The minimum Gasteiger partial charge on any atom is -0.383 e. The molecule has 0 aliphatic heterocycles. The quantitative estimate of drug-likeness (QED) is 0.796. The third-order valence-corrected chi connectivity index (χ3v) is 5.70. The van der Waals surface area contributed by atoms with Crippen LogP contribution >= 0.6 is 11.8 Å². The van der Waals surface area contributed by atoms with Gasteiger partial charge in [0.2, 0.25) is 0 Å². The van der Waals surface area contributed by atoms with Crippen LogP contribution in [0.25, 0.3) is 0 Å². The number of hydrogen-bond donors (Lipinski definition) is 1. The average molecular weight is 291 g/mol. The Balaban J connectivity index is 1.54. The van der Waals surface area contributed by atoms with Crippen LogP contribution in [0.2, 0.25) is 0 Å². The first-order valence-corrected chi connectivity index (χ1v) is 8.75. The van der Waals surface area contributed by atoms with E-state index < -0.39 is 0 Å². The normalized spacial score (nSPS) is 21.1. The maximum Gasteiger partial charge on any atom is 0.0666 e.